The molecule has 1 aliphatic heterocycles. The second kappa shape index (κ2) is 3.46. The van der Waals surface area contributed by atoms with Crippen LogP contribution >= 0.6 is 0 Å². The summed E-state index contributed by atoms with van der Waals surface area (Å²) in [5, 5.41) is 9.76. The number of nitrogens with zero attached hydrogens (tertiary/aromatic N) is 1. The average Bonchev–Trinajstić information content (AvgIpc) is 2.43. The minimum absolute atomic E-state index is 0.0808. The van der Waals surface area contributed by atoms with Crippen molar-refractivity contribution in [1.82, 2.24) is 4.90 Å². The van der Waals surface area contributed by atoms with Crippen molar-refractivity contribution in [1.29, 1.82) is 0 Å². The molecule has 0 aromatic heterocycles. The highest BCUT2D eigenvalue weighted by molar-refractivity contribution is 6.08. The van der Waals surface area contributed by atoms with Crippen molar-refractivity contribution < 1.29 is 9.90 Å². The second-order valence-corrected chi connectivity index (χ2v) is 4.70. The van der Waals surface area contributed by atoms with E-state index >= 15 is 0 Å². The Morgan fingerprint density at radius 2 is 1.88 bits per heavy atom. The summed E-state index contributed by atoms with van der Waals surface area (Å²) in [5.74, 6) is -0.0808. The molecular weight excluding hydrogens is 202 g/mol. The predicted octanol–water partition coefficient (Wildman–Crippen LogP) is 1.88. The highest BCUT2D eigenvalue weighted by Crippen LogP contribution is 2.31. The van der Waals surface area contributed by atoms with E-state index in [2.05, 4.69) is 6.58 Å². The molecule has 1 heterocycles. The van der Waals surface area contributed by atoms with Crippen LogP contribution in [0.25, 0.3) is 5.70 Å². The molecule has 0 saturated heterocycles. The number of amides is 1. The van der Waals surface area contributed by atoms with Crippen LogP contribution in [0.1, 0.15) is 29.8 Å². The summed E-state index contributed by atoms with van der Waals surface area (Å²) in [6.45, 7) is 7.52. The van der Waals surface area contributed by atoms with E-state index in [9.17, 15) is 9.90 Å². The van der Waals surface area contributed by atoms with E-state index in [1.165, 1.54) is 4.90 Å². The summed E-state index contributed by atoms with van der Waals surface area (Å²) in [6.07, 6.45) is 0. The molecule has 0 radical (unpaired) electrons. The van der Waals surface area contributed by atoms with Crippen molar-refractivity contribution >= 4 is 11.6 Å². The minimum Gasteiger partial charge on any atom is -0.389 e. The monoisotopic (exact) mass is 217 g/mol. The van der Waals surface area contributed by atoms with Crippen LogP contribution in [-0.4, -0.2) is 28.1 Å². The quantitative estimate of drug-likeness (QED) is 0.821. The number of carbonyl (C=O) groups is 1. The van der Waals surface area contributed by atoms with Crippen molar-refractivity contribution in [3.8, 4) is 0 Å². The molecule has 2 rings (SSSR count). The summed E-state index contributed by atoms with van der Waals surface area (Å²) in [6, 6.07) is 7.37. The van der Waals surface area contributed by atoms with E-state index in [0.29, 0.717) is 11.3 Å². The fourth-order valence-electron chi connectivity index (χ4n) is 1.89. The molecule has 16 heavy (non-hydrogen) atoms. The van der Waals surface area contributed by atoms with Gasteiger partial charge in [-0.25, -0.2) is 0 Å². The zero-order chi connectivity index (χ0) is 11.9. The van der Waals surface area contributed by atoms with Crippen LogP contribution in [-0.2, 0) is 0 Å². The molecule has 0 bridgehead atoms. The minimum atomic E-state index is -0.916. The van der Waals surface area contributed by atoms with Gasteiger partial charge in [0.05, 0.1) is 12.1 Å². The molecule has 84 valence electrons. The van der Waals surface area contributed by atoms with Crippen LogP contribution in [0.4, 0.5) is 0 Å². The zero-order valence-corrected chi connectivity index (χ0v) is 9.53. The first kappa shape index (κ1) is 10.9. The number of hydrogen-bond donors (Lipinski definition) is 1. The molecule has 1 aromatic carbocycles. The Hall–Kier alpha value is -1.61. The molecule has 1 aliphatic rings. The van der Waals surface area contributed by atoms with Crippen LogP contribution in [0.15, 0.2) is 30.8 Å². The molecule has 1 aromatic rings. The first-order chi connectivity index (χ1) is 7.40. The molecule has 0 fully saturated rings. The van der Waals surface area contributed by atoms with Crippen LogP contribution in [0.2, 0.25) is 0 Å². The number of benzene rings is 1. The summed E-state index contributed by atoms with van der Waals surface area (Å²) in [5.41, 5.74) is 1.27. The van der Waals surface area contributed by atoms with Crippen LogP contribution in [0, 0.1) is 0 Å². The third kappa shape index (κ3) is 1.74. The summed E-state index contributed by atoms with van der Waals surface area (Å²) in [4.78, 5) is 13.6. The van der Waals surface area contributed by atoms with E-state index in [4.69, 9.17) is 0 Å². The van der Waals surface area contributed by atoms with Crippen LogP contribution in [0.5, 0.6) is 0 Å². The lowest BCUT2D eigenvalue weighted by atomic mass is 10.1. The molecule has 0 unspecified atom stereocenters. The van der Waals surface area contributed by atoms with Gasteiger partial charge in [0.2, 0.25) is 0 Å². The van der Waals surface area contributed by atoms with Gasteiger partial charge >= 0.3 is 0 Å². The van der Waals surface area contributed by atoms with Gasteiger partial charge in [-0.05, 0) is 19.9 Å². The first-order valence-electron chi connectivity index (χ1n) is 5.23. The van der Waals surface area contributed by atoms with Crippen LogP contribution in [0.3, 0.4) is 0 Å². The van der Waals surface area contributed by atoms with E-state index in [1.54, 1.807) is 19.9 Å². The SMILES string of the molecule is C=C1c2ccccc2C(=O)N1CC(C)(C)O. The lowest BCUT2D eigenvalue weighted by Crippen LogP contribution is -2.38. The van der Waals surface area contributed by atoms with E-state index in [1.807, 2.05) is 18.2 Å². The Morgan fingerprint density at radius 1 is 1.31 bits per heavy atom. The van der Waals surface area contributed by atoms with Gasteiger partial charge in [0.15, 0.2) is 0 Å². The van der Waals surface area contributed by atoms with Gasteiger partial charge in [-0.3, -0.25) is 4.79 Å². The van der Waals surface area contributed by atoms with Crippen molar-refractivity contribution in [2.75, 3.05) is 6.54 Å². The molecule has 1 amide bonds. The topological polar surface area (TPSA) is 40.5 Å². The number of carbonyl (C=O) groups excluding carboxylic acids is 1. The Labute approximate surface area is 95.0 Å². The maximum absolute atomic E-state index is 12.0. The Kier molecular flexibility index (Phi) is 2.35. The number of β-amino-alcohol motifs (C(OH)–C–C–N with tert-alkyl or cyclic N) is 1. The largest absolute Gasteiger partial charge is 0.389 e. The number of rotatable bonds is 2. The number of fused-ring (bicyclic) bond motifs is 1. The Morgan fingerprint density at radius 3 is 2.38 bits per heavy atom. The molecular formula is C13H15NO2. The standard InChI is InChI=1S/C13H15NO2/c1-9-10-6-4-5-7-11(10)12(15)14(9)8-13(2,3)16/h4-7,16H,1,8H2,2-3H3. The van der Waals surface area contributed by atoms with Gasteiger partial charge in [0, 0.05) is 16.8 Å². The van der Waals surface area contributed by atoms with E-state index in [0.717, 1.165) is 5.56 Å². The van der Waals surface area contributed by atoms with Gasteiger partial charge in [-0.15, -0.1) is 0 Å². The van der Waals surface area contributed by atoms with E-state index in [-0.39, 0.29) is 12.5 Å². The van der Waals surface area contributed by atoms with Gasteiger partial charge in [0.1, 0.15) is 0 Å². The maximum atomic E-state index is 12.0. The van der Waals surface area contributed by atoms with Crippen molar-refractivity contribution in [3.63, 3.8) is 0 Å². The first-order valence-corrected chi connectivity index (χ1v) is 5.23. The van der Waals surface area contributed by atoms with Gasteiger partial charge in [-0.2, -0.15) is 0 Å². The molecule has 0 aliphatic carbocycles. The summed E-state index contributed by atoms with van der Waals surface area (Å²) in [7, 11) is 0. The average molecular weight is 217 g/mol. The highest BCUT2D eigenvalue weighted by atomic mass is 16.3. The maximum Gasteiger partial charge on any atom is 0.259 e. The predicted molar refractivity (Wildman–Crippen MR) is 62.8 cm³/mol. The van der Waals surface area contributed by atoms with E-state index < -0.39 is 5.60 Å². The smallest absolute Gasteiger partial charge is 0.259 e. The Balaban J connectivity index is 2.36. The summed E-state index contributed by atoms with van der Waals surface area (Å²) >= 11 is 0. The molecule has 3 heteroatoms. The number of hydrogen-bond acceptors (Lipinski definition) is 2. The fraction of sp³-hybridized carbons (Fsp3) is 0.308. The summed E-state index contributed by atoms with van der Waals surface area (Å²) < 4.78 is 0. The molecule has 0 spiro atoms. The molecule has 3 nitrogen and oxygen atoms in total. The lowest BCUT2D eigenvalue weighted by Gasteiger charge is -2.25. The fourth-order valence-corrected chi connectivity index (χ4v) is 1.89. The second-order valence-electron chi connectivity index (χ2n) is 4.70. The third-order valence-corrected chi connectivity index (χ3v) is 2.58. The molecule has 1 N–H and O–H groups in total. The van der Waals surface area contributed by atoms with Crippen molar-refractivity contribution in [3.05, 3.63) is 42.0 Å². The third-order valence-electron chi connectivity index (χ3n) is 2.58. The highest BCUT2D eigenvalue weighted by Gasteiger charge is 2.33. The number of aliphatic hydroxyl groups is 1. The molecule has 0 saturated carbocycles. The van der Waals surface area contributed by atoms with Crippen molar-refractivity contribution in [2.45, 2.75) is 19.4 Å². The van der Waals surface area contributed by atoms with Crippen LogP contribution < -0.4 is 0 Å². The van der Waals surface area contributed by atoms with Crippen molar-refractivity contribution in [2.24, 2.45) is 0 Å². The van der Waals surface area contributed by atoms with Gasteiger partial charge < -0.3 is 10.0 Å². The lowest BCUT2D eigenvalue weighted by molar-refractivity contribution is 0.0458. The Bertz CT molecular complexity index is 422. The molecule has 0 atom stereocenters. The zero-order valence-electron chi connectivity index (χ0n) is 9.53. The normalized spacial score (nSPS) is 15.6. The van der Waals surface area contributed by atoms with Gasteiger partial charge in [0.25, 0.3) is 5.91 Å². The van der Waals surface area contributed by atoms with Gasteiger partial charge in [-0.1, -0.05) is 24.8 Å².